The zero-order chi connectivity index (χ0) is 13.8. The van der Waals surface area contributed by atoms with Crippen molar-refractivity contribution in [3.05, 3.63) is 24.5 Å². The Labute approximate surface area is 120 Å². The molecule has 3 heterocycles. The first kappa shape index (κ1) is 13.4. The molecule has 2 aromatic rings. The maximum absolute atomic E-state index is 4.51. The number of anilines is 1. The van der Waals surface area contributed by atoms with Crippen LogP contribution in [0.3, 0.4) is 0 Å². The van der Waals surface area contributed by atoms with Crippen LogP contribution in [0, 0.1) is 0 Å². The van der Waals surface area contributed by atoms with Gasteiger partial charge in [-0.15, -0.1) is 0 Å². The quantitative estimate of drug-likeness (QED) is 0.850. The molecule has 0 aliphatic carbocycles. The van der Waals surface area contributed by atoms with E-state index >= 15 is 0 Å². The minimum Gasteiger partial charge on any atom is -0.370 e. The Morgan fingerprint density at radius 2 is 2.30 bits per heavy atom. The lowest BCUT2D eigenvalue weighted by Crippen LogP contribution is -2.38. The first-order chi connectivity index (χ1) is 9.83. The van der Waals surface area contributed by atoms with Crippen LogP contribution < -0.4 is 5.32 Å². The molecule has 1 N–H and O–H groups in total. The number of hydrogen-bond donors (Lipinski definition) is 1. The first-order valence-corrected chi connectivity index (χ1v) is 7.61. The van der Waals surface area contributed by atoms with Crippen LogP contribution in [-0.2, 0) is 0 Å². The molecule has 1 aliphatic rings. The number of piperidine rings is 1. The van der Waals surface area contributed by atoms with E-state index in [2.05, 4.69) is 27.2 Å². The summed E-state index contributed by atoms with van der Waals surface area (Å²) < 4.78 is 1.78. The van der Waals surface area contributed by atoms with E-state index in [4.69, 9.17) is 0 Å². The SMILES string of the molecule is CC1CCCCN1CCCNc1ccn2nccc2n1. The molecule has 0 radical (unpaired) electrons. The van der Waals surface area contributed by atoms with Crippen LogP contribution in [0.4, 0.5) is 5.82 Å². The van der Waals surface area contributed by atoms with E-state index in [9.17, 15) is 0 Å². The largest absolute Gasteiger partial charge is 0.370 e. The van der Waals surface area contributed by atoms with Gasteiger partial charge < -0.3 is 10.2 Å². The minimum absolute atomic E-state index is 0.755. The number of aromatic nitrogens is 3. The third-order valence-corrected chi connectivity index (χ3v) is 4.13. The Kier molecular flexibility index (Phi) is 4.16. The van der Waals surface area contributed by atoms with Gasteiger partial charge in [-0.1, -0.05) is 6.42 Å². The third kappa shape index (κ3) is 3.10. The van der Waals surface area contributed by atoms with Gasteiger partial charge in [0.2, 0.25) is 0 Å². The fraction of sp³-hybridized carbons (Fsp3) is 0.600. The van der Waals surface area contributed by atoms with E-state index in [0.29, 0.717) is 0 Å². The van der Waals surface area contributed by atoms with Crippen molar-refractivity contribution in [2.24, 2.45) is 0 Å². The fourth-order valence-corrected chi connectivity index (χ4v) is 2.90. The molecule has 1 aliphatic heterocycles. The van der Waals surface area contributed by atoms with E-state index in [1.807, 2.05) is 18.3 Å². The average Bonchev–Trinajstić information content (AvgIpc) is 2.93. The van der Waals surface area contributed by atoms with Crippen LogP contribution in [0.1, 0.15) is 32.6 Å². The van der Waals surface area contributed by atoms with Gasteiger partial charge in [-0.2, -0.15) is 5.10 Å². The molecule has 5 nitrogen and oxygen atoms in total. The molecule has 0 saturated carbocycles. The molecule has 0 amide bonds. The molecule has 20 heavy (non-hydrogen) atoms. The van der Waals surface area contributed by atoms with Crippen LogP contribution in [0.25, 0.3) is 5.65 Å². The van der Waals surface area contributed by atoms with Gasteiger partial charge in [0.15, 0.2) is 5.65 Å². The summed E-state index contributed by atoms with van der Waals surface area (Å²) in [5.41, 5.74) is 0.889. The summed E-state index contributed by atoms with van der Waals surface area (Å²) in [5, 5.41) is 7.55. The standard InChI is InChI=1S/C15H23N5/c1-13-5-2-3-10-19(13)11-4-8-16-14-7-12-20-15(18-14)6-9-17-20/h6-7,9,12-13H,2-5,8,10-11H2,1H3,(H,16,18). The number of nitrogens with one attached hydrogen (secondary N) is 1. The molecule has 108 valence electrons. The second-order valence-electron chi connectivity index (χ2n) is 5.61. The van der Waals surface area contributed by atoms with Gasteiger partial charge in [0, 0.05) is 31.4 Å². The van der Waals surface area contributed by atoms with Crippen molar-refractivity contribution in [2.75, 3.05) is 25.0 Å². The maximum Gasteiger partial charge on any atom is 0.157 e. The molecule has 0 spiro atoms. The molecule has 1 atom stereocenters. The molecule has 1 fully saturated rings. The molecule has 1 unspecified atom stereocenters. The topological polar surface area (TPSA) is 45.5 Å². The summed E-state index contributed by atoms with van der Waals surface area (Å²) >= 11 is 0. The first-order valence-electron chi connectivity index (χ1n) is 7.61. The van der Waals surface area contributed by atoms with Gasteiger partial charge >= 0.3 is 0 Å². The highest BCUT2D eigenvalue weighted by Gasteiger charge is 2.16. The molecule has 3 rings (SSSR count). The zero-order valence-electron chi connectivity index (χ0n) is 12.1. The van der Waals surface area contributed by atoms with E-state index < -0.39 is 0 Å². The second-order valence-corrected chi connectivity index (χ2v) is 5.61. The summed E-state index contributed by atoms with van der Waals surface area (Å²) in [5.74, 6) is 0.935. The van der Waals surface area contributed by atoms with Crippen LogP contribution >= 0.6 is 0 Å². The van der Waals surface area contributed by atoms with Gasteiger partial charge in [-0.3, -0.25) is 0 Å². The summed E-state index contributed by atoms with van der Waals surface area (Å²) in [6.07, 6.45) is 8.98. The molecule has 2 aromatic heterocycles. The highest BCUT2D eigenvalue weighted by Crippen LogP contribution is 2.16. The Hall–Kier alpha value is -1.62. The summed E-state index contributed by atoms with van der Waals surface area (Å²) in [6, 6.07) is 4.65. The summed E-state index contributed by atoms with van der Waals surface area (Å²) in [7, 11) is 0. The molecule has 5 heteroatoms. The Bertz CT molecular complexity index is 550. The monoisotopic (exact) mass is 273 g/mol. The van der Waals surface area contributed by atoms with E-state index in [0.717, 1.165) is 30.5 Å². The lowest BCUT2D eigenvalue weighted by atomic mass is 10.0. The van der Waals surface area contributed by atoms with Crippen molar-refractivity contribution in [2.45, 2.75) is 38.6 Å². The molecule has 0 bridgehead atoms. The average molecular weight is 273 g/mol. The van der Waals surface area contributed by atoms with Gasteiger partial charge in [-0.05, 0) is 38.8 Å². The van der Waals surface area contributed by atoms with Crippen molar-refractivity contribution >= 4 is 11.5 Å². The second kappa shape index (κ2) is 6.22. The number of hydrogen-bond acceptors (Lipinski definition) is 4. The summed E-state index contributed by atoms with van der Waals surface area (Å²) in [4.78, 5) is 7.12. The van der Waals surface area contributed by atoms with Gasteiger partial charge in [0.1, 0.15) is 5.82 Å². The predicted molar refractivity (Wildman–Crippen MR) is 81.0 cm³/mol. The Balaban J connectivity index is 1.45. The molecular weight excluding hydrogens is 250 g/mol. The van der Waals surface area contributed by atoms with Gasteiger partial charge in [0.05, 0.1) is 6.20 Å². The third-order valence-electron chi connectivity index (χ3n) is 4.13. The van der Waals surface area contributed by atoms with Crippen molar-refractivity contribution < 1.29 is 0 Å². The number of fused-ring (bicyclic) bond motifs is 1. The zero-order valence-corrected chi connectivity index (χ0v) is 12.1. The van der Waals surface area contributed by atoms with Crippen molar-refractivity contribution in [3.8, 4) is 0 Å². The molecule has 1 saturated heterocycles. The number of likely N-dealkylation sites (tertiary alicyclic amines) is 1. The normalized spacial score (nSPS) is 20.4. The minimum atomic E-state index is 0.755. The molecule has 0 aromatic carbocycles. The van der Waals surface area contributed by atoms with Crippen LogP contribution in [0.15, 0.2) is 24.5 Å². The van der Waals surface area contributed by atoms with Crippen molar-refractivity contribution in [3.63, 3.8) is 0 Å². The number of nitrogens with zero attached hydrogens (tertiary/aromatic N) is 4. The van der Waals surface area contributed by atoms with Crippen LogP contribution in [0.2, 0.25) is 0 Å². The van der Waals surface area contributed by atoms with Crippen molar-refractivity contribution in [1.82, 2.24) is 19.5 Å². The lowest BCUT2D eigenvalue weighted by Gasteiger charge is -2.33. The van der Waals surface area contributed by atoms with E-state index in [1.165, 1.54) is 32.4 Å². The highest BCUT2D eigenvalue weighted by molar-refractivity contribution is 5.45. The Morgan fingerprint density at radius 3 is 3.20 bits per heavy atom. The van der Waals surface area contributed by atoms with E-state index in [1.54, 1.807) is 10.7 Å². The number of rotatable bonds is 5. The van der Waals surface area contributed by atoms with Crippen LogP contribution in [0.5, 0.6) is 0 Å². The smallest absolute Gasteiger partial charge is 0.157 e. The van der Waals surface area contributed by atoms with Crippen LogP contribution in [-0.4, -0.2) is 45.2 Å². The van der Waals surface area contributed by atoms with E-state index in [-0.39, 0.29) is 0 Å². The Morgan fingerprint density at radius 1 is 1.35 bits per heavy atom. The highest BCUT2D eigenvalue weighted by atomic mass is 15.2. The lowest BCUT2D eigenvalue weighted by molar-refractivity contribution is 0.160. The predicted octanol–water partition coefficient (Wildman–Crippen LogP) is 2.41. The van der Waals surface area contributed by atoms with Crippen molar-refractivity contribution in [1.29, 1.82) is 0 Å². The van der Waals surface area contributed by atoms with Gasteiger partial charge in [-0.25, -0.2) is 9.50 Å². The van der Waals surface area contributed by atoms with Gasteiger partial charge in [0.25, 0.3) is 0 Å². The maximum atomic E-state index is 4.51. The fourth-order valence-electron chi connectivity index (χ4n) is 2.90. The molecular formula is C15H23N5. The summed E-state index contributed by atoms with van der Waals surface area (Å²) in [6.45, 7) is 5.77.